The Morgan fingerprint density at radius 2 is 2.32 bits per heavy atom. The summed E-state index contributed by atoms with van der Waals surface area (Å²) < 4.78 is 19.5. The second-order valence-corrected chi connectivity index (χ2v) is 8.26. The Morgan fingerprint density at radius 3 is 3.00 bits per heavy atom. The molecule has 2 aromatic rings. The molecule has 1 aromatic heterocycles. The number of aliphatic imine (C=N–C) groups is 1. The SMILES string of the molecule is CCOC(=O)C1=C2CC(N)CN2C(c2nccs2)=N[C@H]1c1ccc(F)cc1Br. The van der Waals surface area contributed by atoms with Gasteiger partial charge in [-0.3, -0.25) is 4.99 Å². The number of rotatable bonds is 4. The normalized spacial score (nSPS) is 21.6. The summed E-state index contributed by atoms with van der Waals surface area (Å²) in [6, 6.07) is 3.61. The number of fused-ring (bicyclic) bond motifs is 1. The molecular formula is C19H18BrFN4O2S. The van der Waals surface area contributed by atoms with Crippen molar-refractivity contribution in [3.63, 3.8) is 0 Å². The topological polar surface area (TPSA) is 80.8 Å². The van der Waals surface area contributed by atoms with E-state index >= 15 is 0 Å². The van der Waals surface area contributed by atoms with Crippen LogP contribution in [0.1, 0.15) is 30.0 Å². The third-order valence-electron chi connectivity index (χ3n) is 4.67. The smallest absolute Gasteiger partial charge is 0.338 e. The van der Waals surface area contributed by atoms with Crippen molar-refractivity contribution >= 4 is 39.1 Å². The molecule has 0 saturated carbocycles. The molecule has 1 fully saturated rings. The molecule has 9 heteroatoms. The van der Waals surface area contributed by atoms with Crippen LogP contribution in [0.5, 0.6) is 0 Å². The van der Waals surface area contributed by atoms with E-state index in [1.54, 1.807) is 19.2 Å². The van der Waals surface area contributed by atoms with E-state index in [4.69, 9.17) is 15.5 Å². The first-order valence-corrected chi connectivity index (χ1v) is 10.5. The fourth-order valence-corrected chi connectivity index (χ4v) is 4.75. The molecule has 0 spiro atoms. The summed E-state index contributed by atoms with van der Waals surface area (Å²) in [7, 11) is 0. The van der Waals surface area contributed by atoms with Gasteiger partial charge < -0.3 is 15.4 Å². The first kappa shape index (κ1) is 19.2. The molecule has 1 saturated heterocycles. The molecule has 2 aliphatic heterocycles. The fraction of sp³-hybridized carbons (Fsp3) is 0.316. The Kier molecular flexibility index (Phi) is 5.31. The highest BCUT2D eigenvalue weighted by Crippen LogP contribution is 2.42. The van der Waals surface area contributed by atoms with E-state index in [2.05, 4.69) is 20.9 Å². The van der Waals surface area contributed by atoms with Crippen LogP contribution in [0.2, 0.25) is 0 Å². The van der Waals surface area contributed by atoms with Crippen molar-refractivity contribution in [2.24, 2.45) is 10.7 Å². The molecular weight excluding hydrogens is 447 g/mol. The quantitative estimate of drug-likeness (QED) is 0.701. The van der Waals surface area contributed by atoms with Crippen LogP contribution >= 0.6 is 27.3 Å². The molecule has 6 nitrogen and oxygen atoms in total. The summed E-state index contributed by atoms with van der Waals surface area (Å²) in [5.74, 6) is -0.127. The van der Waals surface area contributed by atoms with E-state index in [9.17, 15) is 9.18 Å². The number of carbonyl (C=O) groups is 1. The molecule has 2 aliphatic rings. The zero-order chi connectivity index (χ0) is 19.8. The Balaban J connectivity index is 1.91. The number of thiazole rings is 1. The number of halogens is 2. The highest BCUT2D eigenvalue weighted by molar-refractivity contribution is 9.10. The molecule has 0 bridgehead atoms. The molecule has 3 heterocycles. The highest BCUT2D eigenvalue weighted by atomic mass is 79.9. The standard InChI is InChI=1S/C19H18BrFN4O2S/c1-2-27-19(26)15-14-8-11(22)9-25(14)17(18-23-5-6-28-18)24-16(15)12-4-3-10(21)7-13(12)20/h3-7,11,16H,2,8-9,22H2,1H3/t11?,16-/m0/s1. The van der Waals surface area contributed by atoms with Gasteiger partial charge in [0.05, 0.1) is 12.2 Å². The van der Waals surface area contributed by atoms with E-state index < -0.39 is 12.0 Å². The summed E-state index contributed by atoms with van der Waals surface area (Å²) in [5.41, 5.74) is 8.15. The number of carbonyl (C=O) groups excluding carboxylic acids is 1. The lowest BCUT2D eigenvalue weighted by Crippen LogP contribution is -2.36. The summed E-state index contributed by atoms with van der Waals surface area (Å²) in [6.45, 7) is 2.56. The maximum atomic E-state index is 13.7. The number of nitrogens with two attached hydrogens (primary N) is 1. The van der Waals surface area contributed by atoms with Gasteiger partial charge in [-0.1, -0.05) is 22.0 Å². The van der Waals surface area contributed by atoms with Gasteiger partial charge >= 0.3 is 5.97 Å². The number of nitrogens with zero attached hydrogens (tertiary/aromatic N) is 3. The lowest BCUT2D eigenvalue weighted by Gasteiger charge is -2.31. The lowest BCUT2D eigenvalue weighted by atomic mass is 9.94. The van der Waals surface area contributed by atoms with Crippen molar-refractivity contribution in [2.75, 3.05) is 13.2 Å². The monoisotopic (exact) mass is 464 g/mol. The third-order valence-corrected chi connectivity index (χ3v) is 6.12. The number of hydrogen-bond donors (Lipinski definition) is 1. The molecule has 0 aliphatic carbocycles. The van der Waals surface area contributed by atoms with Gasteiger partial charge in [0.25, 0.3) is 0 Å². The van der Waals surface area contributed by atoms with Gasteiger partial charge in [0.15, 0.2) is 10.8 Å². The largest absolute Gasteiger partial charge is 0.463 e. The maximum absolute atomic E-state index is 13.7. The second-order valence-electron chi connectivity index (χ2n) is 6.51. The summed E-state index contributed by atoms with van der Waals surface area (Å²) >= 11 is 4.88. The number of hydrogen-bond acceptors (Lipinski definition) is 7. The van der Waals surface area contributed by atoms with Gasteiger partial charge in [-0.2, -0.15) is 0 Å². The van der Waals surface area contributed by atoms with Crippen LogP contribution in [0.25, 0.3) is 0 Å². The fourth-order valence-electron chi connectivity index (χ4n) is 3.54. The van der Waals surface area contributed by atoms with Crippen LogP contribution < -0.4 is 5.73 Å². The Hall–Kier alpha value is -2.10. The van der Waals surface area contributed by atoms with Crippen LogP contribution in [0.3, 0.4) is 0 Å². The van der Waals surface area contributed by atoms with E-state index in [1.165, 1.54) is 23.5 Å². The minimum atomic E-state index is -0.635. The molecule has 146 valence electrons. The Bertz CT molecular complexity index is 976. The number of amidine groups is 1. The van der Waals surface area contributed by atoms with Crippen molar-refractivity contribution in [2.45, 2.75) is 25.4 Å². The highest BCUT2D eigenvalue weighted by Gasteiger charge is 2.41. The van der Waals surface area contributed by atoms with Gasteiger partial charge in [-0.05, 0) is 24.6 Å². The first-order valence-electron chi connectivity index (χ1n) is 8.85. The van der Waals surface area contributed by atoms with Gasteiger partial charge in [-0.15, -0.1) is 11.3 Å². The number of esters is 1. The van der Waals surface area contributed by atoms with Gasteiger partial charge in [0.1, 0.15) is 11.9 Å². The van der Waals surface area contributed by atoms with Crippen molar-refractivity contribution in [1.82, 2.24) is 9.88 Å². The molecule has 0 amide bonds. The van der Waals surface area contributed by atoms with Crippen LogP contribution in [0.15, 0.2) is 50.5 Å². The molecule has 4 rings (SSSR count). The lowest BCUT2D eigenvalue weighted by molar-refractivity contribution is -0.139. The van der Waals surface area contributed by atoms with Crippen LogP contribution in [-0.4, -0.2) is 40.9 Å². The molecule has 2 atom stereocenters. The van der Waals surface area contributed by atoms with E-state index in [-0.39, 0.29) is 18.5 Å². The zero-order valence-corrected chi connectivity index (χ0v) is 17.5. The van der Waals surface area contributed by atoms with E-state index in [0.29, 0.717) is 34.4 Å². The second kappa shape index (κ2) is 7.73. The van der Waals surface area contributed by atoms with Crippen molar-refractivity contribution < 1.29 is 13.9 Å². The Morgan fingerprint density at radius 1 is 1.50 bits per heavy atom. The van der Waals surface area contributed by atoms with Crippen molar-refractivity contribution in [3.8, 4) is 0 Å². The number of benzene rings is 1. The maximum Gasteiger partial charge on any atom is 0.338 e. The Labute approximate surface area is 174 Å². The van der Waals surface area contributed by atoms with Crippen LogP contribution in [0.4, 0.5) is 4.39 Å². The predicted octanol–water partition coefficient (Wildman–Crippen LogP) is 3.40. The van der Waals surface area contributed by atoms with Crippen LogP contribution in [-0.2, 0) is 9.53 Å². The summed E-state index contributed by atoms with van der Waals surface area (Å²) in [6.07, 6.45) is 2.25. The minimum Gasteiger partial charge on any atom is -0.463 e. The number of aromatic nitrogens is 1. The predicted molar refractivity (Wildman–Crippen MR) is 108 cm³/mol. The average Bonchev–Trinajstić information content (AvgIpc) is 3.29. The summed E-state index contributed by atoms with van der Waals surface area (Å²) in [4.78, 5) is 24.1. The van der Waals surface area contributed by atoms with Crippen LogP contribution in [0, 0.1) is 5.82 Å². The van der Waals surface area contributed by atoms with Gasteiger partial charge in [-0.25, -0.2) is 14.2 Å². The van der Waals surface area contributed by atoms with Crippen molar-refractivity contribution in [3.05, 3.63) is 61.9 Å². The van der Waals surface area contributed by atoms with E-state index in [0.717, 1.165) is 10.7 Å². The molecule has 1 unspecified atom stereocenters. The average molecular weight is 465 g/mol. The van der Waals surface area contributed by atoms with Gasteiger partial charge in [0, 0.05) is 40.8 Å². The van der Waals surface area contributed by atoms with E-state index in [1.807, 2.05) is 10.3 Å². The van der Waals surface area contributed by atoms with Crippen molar-refractivity contribution in [1.29, 1.82) is 0 Å². The third kappa shape index (κ3) is 3.38. The molecule has 0 radical (unpaired) electrons. The molecule has 28 heavy (non-hydrogen) atoms. The first-order chi connectivity index (χ1) is 13.5. The minimum absolute atomic E-state index is 0.125. The molecule has 1 aromatic carbocycles. The van der Waals surface area contributed by atoms with Gasteiger partial charge in [0.2, 0.25) is 0 Å². The molecule has 2 N–H and O–H groups in total. The number of ether oxygens (including phenoxy) is 1. The zero-order valence-electron chi connectivity index (χ0n) is 15.1. The summed E-state index contributed by atoms with van der Waals surface area (Å²) in [5, 5.41) is 2.62.